The van der Waals surface area contributed by atoms with Gasteiger partial charge < -0.3 is 15.3 Å². The molecule has 4 nitrogen and oxygen atoms in total. The first kappa shape index (κ1) is 18.2. The Morgan fingerprint density at radius 3 is 2.78 bits per heavy atom. The molecule has 3 N–H and O–H groups in total. The van der Waals surface area contributed by atoms with Crippen molar-refractivity contribution in [2.24, 2.45) is 5.41 Å². The third-order valence-corrected chi connectivity index (χ3v) is 4.66. The lowest BCUT2D eigenvalue weighted by Gasteiger charge is -2.25. The highest BCUT2D eigenvalue weighted by Crippen LogP contribution is 2.27. The number of halogens is 1. The van der Waals surface area contributed by atoms with Crippen molar-refractivity contribution in [3.05, 3.63) is 39.9 Å². The molecule has 2 rings (SSSR count). The second-order valence-corrected chi connectivity index (χ2v) is 7.90. The van der Waals surface area contributed by atoms with E-state index in [2.05, 4.69) is 39.3 Å². The summed E-state index contributed by atoms with van der Waals surface area (Å²) >= 11 is 3.51. The number of rotatable bonds is 6. The fourth-order valence-corrected chi connectivity index (χ4v) is 2.80. The van der Waals surface area contributed by atoms with Gasteiger partial charge >= 0.3 is 0 Å². The van der Waals surface area contributed by atoms with Gasteiger partial charge in [-0.1, -0.05) is 35.9 Å². The van der Waals surface area contributed by atoms with E-state index in [1.807, 2.05) is 32.0 Å². The third kappa shape index (κ3) is 4.90. The summed E-state index contributed by atoms with van der Waals surface area (Å²) in [5.74, 6) is 0. The molecular weight excluding hydrogens is 354 g/mol. The molecule has 0 amide bonds. The van der Waals surface area contributed by atoms with Crippen molar-refractivity contribution in [3.8, 4) is 0 Å². The predicted molar refractivity (Wildman–Crippen MR) is 101 cm³/mol. The Labute approximate surface area is 147 Å². The van der Waals surface area contributed by atoms with Gasteiger partial charge in [-0.25, -0.2) is 0 Å². The monoisotopic (exact) mass is 379 g/mol. The van der Waals surface area contributed by atoms with E-state index in [0.29, 0.717) is 12.3 Å². The molecule has 0 saturated heterocycles. The summed E-state index contributed by atoms with van der Waals surface area (Å²) in [5, 5.41) is 21.4. The number of aliphatic hydroxyl groups is 1. The van der Waals surface area contributed by atoms with E-state index in [0.717, 1.165) is 40.8 Å². The molecule has 126 valence electrons. The van der Waals surface area contributed by atoms with Crippen molar-refractivity contribution in [1.29, 1.82) is 5.41 Å². The van der Waals surface area contributed by atoms with Gasteiger partial charge in [0.15, 0.2) is 0 Å². The van der Waals surface area contributed by atoms with Crippen LogP contribution in [-0.4, -0.2) is 49.0 Å². The van der Waals surface area contributed by atoms with Crippen molar-refractivity contribution in [3.63, 3.8) is 0 Å². The average Bonchev–Trinajstić information content (AvgIpc) is 2.53. The Morgan fingerprint density at radius 1 is 1.43 bits per heavy atom. The highest BCUT2D eigenvalue weighted by molar-refractivity contribution is 9.10. The summed E-state index contributed by atoms with van der Waals surface area (Å²) in [4.78, 5) is 2.25. The van der Waals surface area contributed by atoms with E-state index in [1.165, 1.54) is 0 Å². The number of nitrogens with zero attached hydrogens (tertiary/aromatic N) is 1. The van der Waals surface area contributed by atoms with Crippen LogP contribution in [0.15, 0.2) is 34.3 Å². The van der Waals surface area contributed by atoms with Gasteiger partial charge in [0.1, 0.15) is 0 Å². The SMILES string of the molecule is CN1CC=C(C(=N)c2ccc(Br)cc2NCC(C)(C)CO)CC1. The van der Waals surface area contributed by atoms with Crippen LogP contribution < -0.4 is 5.32 Å². The van der Waals surface area contributed by atoms with Gasteiger partial charge in [-0.3, -0.25) is 5.41 Å². The summed E-state index contributed by atoms with van der Waals surface area (Å²) in [5.41, 5.74) is 3.35. The zero-order chi connectivity index (χ0) is 17.0. The van der Waals surface area contributed by atoms with Crippen LogP contribution >= 0.6 is 15.9 Å². The molecule has 0 unspecified atom stereocenters. The molecule has 0 bridgehead atoms. The van der Waals surface area contributed by atoms with E-state index in [9.17, 15) is 5.11 Å². The molecule has 0 spiro atoms. The zero-order valence-corrected chi connectivity index (χ0v) is 15.7. The second-order valence-electron chi connectivity index (χ2n) is 6.98. The minimum absolute atomic E-state index is 0.123. The molecule has 5 heteroatoms. The number of aliphatic hydroxyl groups excluding tert-OH is 1. The lowest BCUT2D eigenvalue weighted by molar-refractivity contribution is 0.171. The van der Waals surface area contributed by atoms with Crippen molar-refractivity contribution >= 4 is 27.3 Å². The summed E-state index contributed by atoms with van der Waals surface area (Å²) in [6, 6.07) is 5.97. The molecule has 0 fully saturated rings. The molecule has 1 aliphatic rings. The molecule has 0 atom stereocenters. The van der Waals surface area contributed by atoms with Crippen LogP contribution in [0, 0.1) is 10.8 Å². The second kappa shape index (κ2) is 7.60. The van der Waals surface area contributed by atoms with Crippen LogP contribution in [0.1, 0.15) is 25.8 Å². The van der Waals surface area contributed by atoms with Gasteiger partial charge in [0.2, 0.25) is 0 Å². The van der Waals surface area contributed by atoms with E-state index in [-0.39, 0.29) is 12.0 Å². The maximum atomic E-state index is 9.43. The Morgan fingerprint density at radius 2 is 2.17 bits per heavy atom. The van der Waals surface area contributed by atoms with Crippen LogP contribution in [0.25, 0.3) is 0 Å². The number of hydrogen-bond acceptors (Lipinski definition) is 4. The fourth-order valence-electron chi connectivity index (χ4n) is 2.44. The molecular formula is C18H26BrN3O. The van der Waals surface area contributed by atoms with Crippen LogP contribution in [-0.2, 0) is 0 Å². The molecule has 0 aliphatic carbocycles. The largest absolute Gasteiger partial charge is 0.396 e. The minimum atomic E-state index is -0.200. The predicted octanol–water partition coefficient (Wildman–Crippen LogP) is 3.51. The number of likely N-dealkylation sites (N-methyl/N-ethyl adjacent to an activating group) is 1. The number of nitrogens with one attached hydrogen (secondary N) is 2. The summed E-state index contributed by atoms with van der Waals surface area (Å²) in [6.07, 6.45) is 3.06. The first-order valence-electron chi connectivity index (χ1n) is 7.93. The first-order chi connectivity index (χ1) is 10.8. The quantitative estimate of drug-likeness (QED) is 0.662. The van der Waals surface area contributed by atoms with Gasteiger partial charge in [0.25, 0.3) is 0 Å². The Balaban J connectivity index is 2.23. The number of anilines is 1. The highest BCUT2D eigenvalue weighted by Gasteiger charge is 2.19. The van der Waals surface area contributed by atoms with Crippen molar-refractivity contribution in [2.75, 3.05) is 38.6 Å². The molecule has 1 aliphatic heterocycles. The molecule has 1 heterocycles. The van der Waals surface area contributed by atoms with Crippen LogP contribution in [0.2, 0.25) is 0 Å². The van der Waals surface area contributed by atoms with Gasteiger partial charge in [-0.15, -0.1) is 0 Å². The topological polar surface area (TPSA) is 59.4 Å². The zero-order valence-electron chi connectivity index (χ0n) is 14.1. The van der Waals surface area contributed by atoms with Crippen molar-refractivity contribution < 1.29 is 5.11 Å². The van der Waals surface area contributed by atoms with Crippen molar-refractivity contribution in [2.45, 2.75) is 20.3 Å². The Hall–Kier alpha value is -1.17. The van der Waals surface area contributed by atoms with Crippen LogP contribution in [0.5, 0.6) is 0 Å². The van der Waals surface area contributed by atoms with Crippen LogP contribution in [0.3, 0.4) is 0 Å². The molecule has 0 aromatic heterocycles. The van der Waals surface area contributed by atoms with Gasteiger partial charge in [-0.05, 0) is 37.2 Å². The summed E-state index contributed by atoms with van der Waals surface area (Å²) in [6.45, 7) is 6.70. The molecule has 23 heavy (non-hydrogen) atoms. The minimum Gasteiger partial charge on any atom is -0.396 e. The Kier molecular flexibility index (Phi) is 6.00. The highest BCUT2D eigenvalue weighted by atomic mass is 79.9. The lowest BCUT2D eigenvalue weighted by atomic mass is 9.93. The molecule has 1 aromatic carbocycles. The smallest absolute Gasteiger partial charge is 0.0662 e. The fraction of sp³-hybridized carbons (Fsp3) is 0.500. The number of benzene rings is 1. The van der Waals surface area contributed by atoms with Crippen molar-refractivity contribution in [1.82, 2.24) is 4.90 Å². The summed E-state index contributed by atoms with van der Waals surface area (Å²) < 4.78 is 0.982. The van der Waals surface area contributed by atoms with E-state index < -0.39 is 0 Å². The standard InChI is InChI=1S/C18H26BrN3O/c1-18(2,12-23)11-21-16-10-14(19)4-5-15(16)17(20)13-6-8-22(3)9-7-13/h4-6,10,20-21,23H,7-9,11-12H2,1-3H3. The third-order valence-electron chi connectivity index (χ3n) is 4.17. The lowest BCUT2D eigenvalue weighted by Crippen LogP contribution is -2.28. The van der Waals surface area contributed by atoms with E-state index >= 15 is 0 Å². The first-order valence-corrected chi connectivity index (χ1v) is 8.73. The molecule has 0 saturated carbocycles. The van der Waals surface area contributed by atoms with Gasteiger partial charge in [-0.2, -0.15) is 0 Å². The molecule has 0 radical (unpaired) electrons. The van der Waals surface area contributed by atoms with E-state index in [4.69, 9.17) is 5.41 Å². The van der Waals surface area contributed by atoms with Crippen LogP contribution in [0.4, 0.5) is 5.69 Å². The average molecular weight is 380 g/mol. The summed E-state index contributed by atoms with van der Waals surface area (Å²) in [7, 11) is 2.10. The van der Waals surface area contributed by atoms with Gasteiger partial charge in [0, 0.05) is 47.4 Å². The maximum Gasteiger partial charge on any atom is 0.0662 e. The maximum absolute atomic E-state index is 9.43. The Bertz CT molecular complexity index is 610. The number of hydrogen-bond donors (Lipinski definition) is 3. The van der Waals surface area contributed by atoms with E-state index in [1.54, 1.807) is 0 Å². The van der Waals surface area contributed by atoms with Gasteiger partial charge in [0.05, 0.1) is 5.71 Å². The normalized spacial score (nSPS) is 16.1. The molecule has 1 aromatic rings.